The van der Waals surface area contributed by atoms with Crippen molar-refractivity contribution in [3.63, 3.8) is 0 Å². The third kappa shape index (κ3) is 6.04. The highest BCUT2D eigenvalue weighted by atomic mass is 32.2. The summed E-state index contributed by atoms with van der Waals surface area (Å²) in [5.74, 6) is 2.06. The minimum Gasteiger partial charge on any atom is -0.493 e. The van der Waals surface area contributed by atoms with Crippen LogP contribution in [0, 0.1) is 6.92 Å². The average Bonchev–Trinajstić information content (AvgIpc) is 2.91. The summed E-state index contributed by atoms with van der Waals surface area (Å²) >= 11 is 0. The van der Waals surface area contributed by atoms with Crippen LogP contribution >= 0.6 is 0 Å². The zero-order valence-corrected chi connectivity index (χ0v) is 23.5. The van der Waals surface area contributed by atoms with E-state index in [1.165, 1.54) is 4.31 Å². The molecule has 1 N–H and O–H groups in total. The molecule has 0 spiro atoms. The van der Waals surface area contributed by atoms with Gasteiger partial charge in [-0.2, -0.15) is 4.31 Å². The number of piperidine rings is 1. The third-order valence-electron chi connectivity index (χ3n) is 7.25. The summed E-state index contributed by atoms with van der Waals surface area (Å²) < 4.78 is 39.8. The molecule has 0 aliphatic carbocycles. The van der Waals surface area contributed by atoms with E-state index in [0.29, 0.717) is 62.6 Å². The van der Waals surface area contributed by atoms with Crippen molar-refractivity contribution in [3.05, 3.63) is 83.4 Å². The zero-order chi connectivity index (χ0) is 27.3. The van der Waals surface area contributed by atoms with Gasteiger partial charge in [-0.15, -0.1) is 0 Å². The molecule has 3 aromatic rings. The molecule has 0 atom stereocenters. The maximum Gasteiger partial charge on any atom is 0.243 e. The van der Waals surface area contributed by atoms with Gasteiger partial charge >= 0.3 is 0 Å². The monoisotopic (exact) mass is 538 g/mol. The fourth-order valence-corrected chi connectivity index (χ4v) is 6.90. The molecule has 0 aromatic heterocycles. The molecule has 1 aliphatic rings. The van der Waals surface area contributed by atoms with E-state index >= 15 is 0 Å². The van der Waals surface area contributed by atoms with Crippen LogP contribution in [0.1, 0.15) is 43.4 Å². The van der Waals surface area contributed by atoms with Crippen LogP contribution in [0.5, 0.6) is 17.2 Å². The van der Waals surface area contributed by atoms with Gasteiger partial charge in [-0.3, -0.25) is 4.90 Å². The van der Waals surface area contributed by atoms with Gasteiger partial charge in [0, 0.05) is 38.3 Å². The Bertz CT molecular complexity index is 1350. The van der Waals surface area contributed by atoms with Crippen molar-refractivity contribution < 1.29 is 23.0 Å². The maximum absolute atomic E-state index is 13.4. The first-order valence-corrected chi connectivity index (χ1v) is 14.6. The predicted molar refractivity (Wildman–Crippen MR) is 149 cm³/mol. The molecule has 38 heavy (non-hydrogen) atoms. The second-order valence-corrected chi connectivity index (χ2v) is 11.7. The van der Waals surface area contributed by atoms with Crippen LogP contribution in [0.2, 0.25) is 0 Å². The fraction of sp³-hybridized carbons (Fsp3) is 0.400. The van der Waals surface area contributed by atoms with Gasteiger partial charge in [0.05, 0.1) is 17.6 Å². The molecule has 7 nitrogen and oxygen atoms in total. The van der Waals surface area contributed by atoms with Crippen molar-refractivity contribution in [2.24, 2.45) is 0 Å². The van der Waals surface area contributed by atoms with Gasteiger partial charge in [-0.25, -0.2) is 8.42 Å². The topological polar surface area (TPSA) is 79.3 Å². The zero-order valence-electron chi connectivity index (χ0n) is 22.7. The highest BCUT2D eigenvalue weighted by molar-refractivity contribution is 7.89. The number of rotatable bonds is 10. The molecule has 4 rings (SSSR count). The van der Waals surface area contributed by atoms with E-state index in [0.717, 1.165) is 16.9 Å². The molecule has 8 heteroatoms. The molecule has 0 amide bonds. The van der Waals surface area contributed by atoms with E-state index in [1.54, 1.807) is 19.2 Å². The average molecular weight is 539 g/mol. The molecule has 1 fully saturated rings. The number of likely N-dealkylation sites (tertiary alicyclic amines) is 1. The Labute approximate surface area is 226 Å². The van der Waals surface area contributed by atoms with Crippen molar-refractivity contribution >= 4 is 10.0 Å². The van der Waals surface area contributed by atoms with Crippen molar-refractivity contribution in [1.29, 1.82) is 0 Å². The lowest BCUT2D eigenvalue weighted by atomic mass is 9.84. The van der Waals surface area contributed by atoms with E-state index in [2.05, 4.69) is 11.0 Å². The third-order valence-corrected chi connectivity index (χ3v) is 9.34. The molecule has 0 saturated carbocycles. The Kier molecular flexibility index (Phi) is 8.78. The molecule has 0 bridgehead atoms. The summed E-state index contributed by atoms with van der Waals surface area (Å²) in [5, 5.41) is 11.7. The number of para-hydroxylation sites is 2. The molecule has 1 aliphatic heterocycles. The summed E-state index contributed by atoms with van der Waals surface area (Å²) in [6.45, 7) is 8.32. The quantitative estimate of drug-likeness (QED) is 0.377. The number of aliphatic hydroxyl groups is 1. The number of benzene rings is 3. The molecule has 1 saturated heterocycles. The smallest absolute Gasteiger partial charge is 0.243 e. The lowest BCUT2D eigenvalue weighted by Gasteiger charge is -2.39. The van der Waals surface area contributed by atoms with E-state index in [9.17, 15) is 13.5 Å². The first-order valence-electron chi connectivity index (χ1n) is 13.2. The molecule has 204 valence electrons. The van der Waals surface area contributed by atoms with Gasteiger partial charge in [0.2, 0.25) is 10.0 Å². The van der Waals surface area contributed by atoms with Crippen molar-refractivity contribution in [2.45, 2.75) is 50.7 Å². The number of hydrogen-bond donors (Lipinski definition) is 1. The number of hydrogen-bond acceptors (Lipinski definition) is 6. The standard InChI is InChI=1S/C30H38N2O5S/c1-5-32(6-2)38(34,35)29-20-23(3)14-15-26(29)30(33)16-18-31(19-17-30)22-24-10-9-11-25(21-24)37-28-13-8-7-12-27(28)36-4/h7-15,20-21,33H,5-6,16-19,22H2,1-4H3. The lowest BCUT2D eigenvalue weighted by Crippen LogP contribution is -2.43. The minimum atomic E-state index is -3.70. The van der Waals surface area contributed by atoms with Gasteiger partial charge < -0.3 is 14.6 Å². The maximum atomic E-state index is 13.4. The lowest BCUT2D eigenvalue weighted by molar-refractivity contribution is -0.0299. The largest absolute Gasteiger partial charge is 0.493 e. The molecule has 1 heterocycles. The van der Waals surface area contributed by atoms with Gasteiger partial charge in [0.1, 0.15) is 5.75 Å². The molecule has 3 aromatic carbocycles. The first-order chi connectivity index (χ1) is 18.2. The Morgan fingerprint density at radius 2 is 1.63 bits per heavy atom. The Balaban J connectivity index is 1.48. The summed E-state index contributed by atoms with van der Waals surface area (Å²) in [5.41, 5.74) is 1.26. The van der Waals surface area contributed by atoms with Crippen molar-refractivity contribution in [3.8, 4) is 17.2 Å². The first kappa shape index (κ1) is 28.1. The summed E-state index contributed by atoms with van der Waals surface area (Å²) in [4.78, 5) is 2.50. The van der Waals surface area contributed by atoms with Crippen LogP contribution in [0.25, 0.3) is 0 Å². The highest BCUT2D eigenvalue weighted by Crippen LogP contribution is 2.38. The van der Waals surface area contributed by atoms with Crippen molar-refractivity contribution in [2.75, 3.05) is 33.3 Å². The summed E-state index contributed by atoms with van der Waals surface area (Å²) in [6, 6.07) is 20.9. The number of methoxy groups -OCH3 is 1. The molecule has 0 unspecified atom stereocenters. The molecular weight excluding hydrogens is 500 g/mol. The van der Waals surface area contributed by atoms with E-state index in [4.69, 9.17) is 9.47 Å². The Hall–Kier alpha value is -2.91. The van der Waals surface area contributed by atoms with E-state index in [1.807, 2.05) is 69.3 Å². The fourth-order valence-electron chi connectivity index (χ4n) is 5.08. The highest BCUT2D eigenvalue weighted by Gasteiger charge is 2.39. The number of aryl methyl sites for hydroxylation is 1. The predicted octanol–water partition coefficient (Wildman–Crippen LogP) is 5.31. The van der Waals surface area contributed by atoms with Crippen molar-refractivity contribution in [1.82, 2.24) is 9.21 Å². The second-order valence-electron chi connectivity index (χ2n) is 9.80. The summed E-state index contributed by atoms with van der Waals surface area (Å²) in [6.07, 6.45) is 0.905. The van der Waals surface area contributed by atoms with Gasteiger partial charge in [-0.05, 0) is 61.2 Å². The van der Waals surface area contributed by atoms with Crippen LogP contribution in [0.15, 0.2) is 71.6 Å². The van der Waals surface area contributed by atoms with Crippen LogP contribution in [-0.2, 0) is 22.2 Å². The number of ether oxygens (including phenoxy) is 2. The molecule has 0 radical (unpaired) electrons. The van der Waals surface area contributed by atoms with Gasteiger partial charge in [0.25, 0.3) is 0 Å². The van der Waals surface area contributed by atoms with E-state index < -0.39 is 15.6 Å². The van der Waals surface area contributed by atoms with E-state index in [-0.39, 0.29) is 4.90 Å². The Morgan fingerprint density at radius 3 is 2.29 bits per heavy atom. The van der Waals surface area contributed by atoms with Crippen LogP contribution < -0.4 is 9.47 Å². The second kappa shape index (κ2) is 11.9. The van der Waals surface area contributed by atoms with Crippen LogP contribution in [-0.4, -0.2) is 56.0 Å². The van der Waals surface area contributed by atoms with Crippen LogP contribution in [0.4, 0.5) is 0 Å². The SMILES string of the molecule is CCN(CC)S(=O)(=O)c1cc(C)ccc1C1(O)CCN(Cc2cccc(Oc3ccccc3OC)c2)CC1. The minimum absolute atomic E-state index is 0.221. The van der Waals surface area contributed by atoms with Crippen LogP contribution in [0.3, 0.4) is 0 Å². The molecular formula is C30H38N2O5S. The van der Waals surface area contributed by atoms with Gasteiger partial charge in [-0.1, -0.05) is 50.2 Å². The number of nitrogens with zero attached hydrogens (tertiary/aromatic N) is 2. The Morgan fingerprint density at radius 1 is 0.947 bits per heavy atom. The number of sulfonamides is 1. The summed E-state index contributed by atoms with van der Waals surface area (Å²) in [7, 11) is -2.08. The van der Waals surface area contributed by atoms with Gasteiger partial charge in [0.15, 0.2) is 11.5 Å². The normalized spacial score (nSPS) is 15.9.